The van der Waals surface area contributed by atoms with Gasteiger partial charge in [-0.1, -0.05) is 12.1 Å². The molecule has 2 aromatic rings. The van der Waals surface area contributed by atoms with Gasteiger partial charge in [0.25, 0.3) is 0 Å². The molecule has 1 N–H and O–H groups in total. The zero-order valence-corrected chi connectivity index (χ0v) is 10.8. The predicted molar refractivity (Wildman–Crippen MR) is 74.1 cm³/mol. The first kappa shape index (κ1) is 13.1. The average molecular weight is 256 g/mol. The zero-order chi connectivity index (χ0) is 13.7. The Hall–Kier alpha value is -2.36. The van der Waals surface area contributed by atoms with E-state index in [1.807, 2.05) is 25.1 Å². The average Bonchev–Trinajstić information content (AvgIpc) is 2.41. The number of pyridine rings is 1. The molecule has 0 atom stereocenters. The molecular weight excluding hydrogens is 240 g/mol. The zero-order valence-electron chi connectivity index (χ0n) is 10.8. The Labute approximate surface area is 112 Å². The molecule has 0 unspecified atom stereocenters. The van der Waals surface area contributed by atoms with E-state index >= 15 is 0 Å². The number of carbonyl (C=O) groups excluding carboxylic acids is 1. The number of benzene rings is 1. The molecule has 0 aliphatic rings. The van der Waals surface area contributed by atoms with Gasteiger partial charge in [-0.25, -0.2) is 0 Å². The molecule has 0 saturated carbocycles. The van der Waals surface area contributed by atoms with Crippen LogP contribution in [-0.4, -0.2) is 22.5 Å². The van der Waals surface area contributed by atoms with E-state index in [2.05, 4.69) is 4.98 Å². The number of aromatic hydroxyl groups is 1. The Morgan fingerprint density at radius 2 is 2.11 bits per heavy atom. The minimum atomic E-state index is -0.0354. The van der Waals surface area contributed by atoms with Crippen LogP contribution >= 0.6 is 0 Å². The number of aromatic nitrogens is 1. The fourth-order valence-electron chi connectivity index (χ4n) is 1.92. The van der Waals surface area contributed by atoms with Crippen LogP contribution in [0.5, 0.6) is 5.75 Å². The molecule has 1 heterocycles. The third-order valence-corrected chi connectivity index (χ3v) is 2.82. The maximum atomic E-state index is 12.3. The summed E-state index contributed by atoms with van der Waals surface area (Å²) in [5.74, 6) is 0.119. The van der Waals surface area contributed by atoms with E-state index in [-0.39, 0.29) is 18.1 Å². The van der Waals surface area contributed by atoms with Crippen molar-refractivity contribution in [2.24, 2.45) is 0 Å². The van der Waals surface area contributed by atoms with E-state index in [0.717, 1.165) is 5.69 Å². The van der Waals surface area contributed by atoms with Gasteiger partial charge in [-0.05, 0) is 31.2 Å². The quantitative estimate of drug-likeness (QED) is 0.913. The molecule has 0 aliphatic carbocycles. The summed E-state index contributed by atoms with van der Waals surface area (Å²) in [7, 11) is 0. The number of amides is 1. The summed E-state index contributed by atoms with van der Waals surface area (Å²) in [5, 5.41) is 9.48. The third kappa shape index (κ3) is 3.31. The van der Waals surface area contributed by atoms with E-state index in [0.29, 0.717) is 12.2 Å². The van der Waals surface area contributed by atoms with Crippen molar-refractivity contribution < 1.29 is 9.90 Å². The molecule has 4 nitrogen and oxygen atoms in total. The van der Waals surface area contributed by atoms with Crippen LogP contribution in [0.25, 0.3) is 0 Å². The minimum Gasteiger partial charge on any atom is -0.508 e. The van der Waals surface area contributed by atoms with Crippen molar-refractivity contribution in [1.29, 1.82) is 0 Å². The summed E-state index contributed by atoms with van der Waals surface area (Å²) in [6, 6.07) is 12.2. The Kier molecular flexibility index (Phi) is 4.13. The highest BCUT2D eigenvalue weighted by Crippen LogP contribution is 2.20. The number of carbonyl (C=O) groups is 1. The van der Waals surface area contributed by atoms with Crippen LogP contribution in [0.3, 0.4) is 0 Å². The summed E-state index contributed by atoms with van der Waals surface area (Å²) in [5.41, 5.74) is 1.44. The standard InChI is InChI=1S/C15H16N2O2/c1-2-17(13-7-5-8-14(18)11-13)15(19)10-12-6-3-4-9-16-12/h3-9,11,18H,2,10H2,1H3. The normalized spacial score (nSPS) is 10.2. The molecule has 0 aliphatic heterocycles. The number of phenolic OH excluding ortho intramolecular Hbond substituents is 1. The van der Waals surface area contributed by atoms with Gasteiger partial charge in [0.05, 0.1) is 6.42 Å². The first-order valence-corrected chi connectivity index (χ1v) is 6.20. The number of hydrogen-bond donors (Lipinski definition) is 1. The summed E-state index contributed by atoms with van der Waals surface area (Å²) >= 11 is 0. The van der Waals surface area contributed by atoms with Gasteiger partial charge in [-0.2, -0.15) is 0 Å². The van der Waals surface area contributed by atoms with Crippen LogP contribution in [0.1, 0.15) is 12.6 Å². The SMILES string of the molecule is CCN(C(=O)Cc1ccccn1)c1cccc(O)c1. The van der Waals surface area contributed by atoms with Gasteiger partial charge < -0.3 is 10.0 Å². The Bertz CT molecular complexity index is 555. The highest BCUT2D eigenvalue weighted by molar-refractivity contribution is 5.94. The van der Waals surface area contributed by atoms with Gasteiger partial charge in [-0.3, -0.25) is 9.78 Å². The number of rotatable bonds is 4. The van der Waals surface area contributed by atoms with Gasteiger partial charge in [0.1, 0.15) is 5.75 Å². The van der Waals surface area contributed by atoms with Crippen molar-refractivity contribution in [1.82, 2.24) is 4.98 Å². The molecule has 1 aromatic carbocycles. The molecule has 0 radical (unpaired) electrons. The summed E-state index contributed by atoms with van der Waals surface area (Å²) < 4.78 is 0. The van der Waals surface area contributed by atoms with Crippen LogP contribution < -0.4 is 4.90 Å². The van der Waals surface area contributed by atoms with Crippen LogP contribution in [-0.2, 0) is 11.2 Å². The van der Waals surface area contributed by atoms with Crippen LogP contribution in [0.4, 0.5) is 5.69 Å². The van der Waals surface area contributed by atoms with Crippen molar-refractivity contribution >= 4 is 11.6 Å². The molecule has 98 valence electrons. The van der Waals surface area contributed by atoms with Crippen molar-refractivity contribution in [2.45, 2.75) is 13.3 Å². The number of hydrogen-bond acceptors (Lipinski definition) is 3. The Balaban J connectivity index is 2.16. The lowest BCUT2D eigenvalue weighted by Crippen LogP contribution is -2.32. The minimum absolute atomic E-state index is 0.0354. The lowest BCUT2D eigenvalue weighted by molar-refractivity contribution is -0.118. The molecule has 0 spiro atoms. The molecular formula is C15H16N2O2. The second-order valence-electron chi connectivity index (χ2n) is 4.16. The van der Waals surface area contributed by atoms with Gasteiger partial charge in [-0.15, -0.1) is 0 Å². The first-order chi connectivity index (χ1) is 9.20. The van der Waals surface area contributed by atoms with E-state index < -0.39 is 0 Å². The highest BCUT2D eigenvalue weighted by atomic mass is 16.3. The topological polar surface area (TPSA) is 53.4 Å². The summed E-state index contributed by atoms with van der Waals surface area (Å²) in [4.78, 5) is 18.0. The molecule has 2 rings (SSSR count). The number of nitrogens with zero attached hydrogens (tertiary/aromatic N) is 2. The van der Waals surface area contributed by atoms with E-state index in [9.17, 15) is 9.90 Å². The first-order valence-electron chi connectivity index (χ1n) is 6.20. The van der Waals surface area contributed by atoms with E-state index in [1.165, 1.54) is 0 Å². The van der Waals surface area contributed by atoms with Gasteiger partial charge in [0.2, 0.25) is 5.91 Å². The van der Waals surface area contributed by atoms with Crippen molar-refractivity contribution in [2.75, 3.05) is 11.4 Å². The van der Waals surface area contributed by atoms with Crippen molar-refractivity contribution in [3.05, 3.63) is 54.4 Å². The largest absolute Gasteiger partial charge is 0.508 e. The molecule has 4 heteroatoms. The fraction of sp³-hybridized carbons (Fsp3) is 0.200. The summed E-state index contributed by atoms with van der Waals surface area (Å²) in [6.07, 6.45) is 1.93. The molecule has 0 fully saturated rings. The second kappa shape index (κ2) is 6.00. The van der Waals surface area contributed by atoms with E-state index in [4.69, 9.17) is 0 Å². The van der Waals surface area contributed by atoms with Crippen LogP contribution in [0, 0.1) is 0 Å². The maximum absolute atomic E-state index is 12.3. The lowest BCUT2D eigenvalue weighted by Gasteiger charge is -2.21. The van der Waals surface area contributed by atoms with Crippen LogP contribution in [0.15, 0.2) is 48.7 Å². The third-order valence-electron chi connectivity index (χ3n) is 2.82. The molecule has 1 amide bonds. The smallest absolute Gasteiger partial charge is 0.232 e. The monoisotopic (exact) mass is 256 g/mol. The van der Waals surface area contributed by atoms with Gasteiger partial charge in [0.15, 0.2) is 0 Å². The second-order valence-corrected chi connectivity index (χ2v) is 4.16. The lowest BCUT2D eigenvalue weighted by atomic mass is 10.2. The van der Waals surface area contributed by atoms with Gasteiger partial charge >= 0.3 is 0 Å². The van der Waals surface area contributed by atoms with Gasteiger partial charge in [0, 0.05) is 30.2 Å². The number of anilines is 1. The molecule has 1 aromatic heterocycles. The van der Waals surface area contributed by atoms with Crippen molar-refractivity contribution in [3.8, 4) is 5.75 Å². The Morgan fingerprint density at radius 3 is 2.74 bits per heavy atom. The fourth-order valence-corrected chi connectivity index (χ4v) is 1.92. The molecule has 19 heavy (non-hydrogen) atoms. The van der Waals surface area contributed by atoms with E-state index in [1.54, 1.807) is 35.4 Å². The maximum Gasteiger partial charge on any atom is 0.232 e. The highest BCUT2D eigenvalue weighted by Gasteiger charge is 2.15. The van der Waals surface area contributed by atoms with Crippen LogP contribution in [0.2, 0.25) is 0 Å². The summed E-state index contributed by atoms with van der Waals surface area (Å²) in [6.45, 7) is 2.45. The predicted octanol–water partition coefficient (Wildman–Crippen LogP) is 2.38. The molecule has 0 bridgehead atoms. The number of likely N-dealkylation sites (N-methyl/N-ethyl adjacent to an activating group) is 1. The molecule has 0 saturated heterocycles. The number of phenols is 1. The van der Waals surface area contributed by atoms with Crippen molar-refractivity contribution in [3.63, 3.8) is 0 Å². The Morgan fingerprint density at radius 1 is 1.26 bits per heavy atom.